The zero-order chi connectivity index (χ0) is 12.0. The van der Waals surface area contributed by atoms with E-state index in [9.17, 15) is 8.42 Å². The highest BCUT2D eigenvalue weighted by atomic mass is 32.2. The van der Waals surface area contributed by atoms with Gasteiger partial charge in [0.25, 0.3) is 10.1 Å². The van der Waals surface area contributed by atoms with Crippen molar-refractivity contribution in [3.8, 4) is 0 Å². The molecular weight excluding hydrogens is 236 g/mol. The van der Waals surface area contributed by atoms with Gasteiger partial charge in [0.1, 0.15) is 0 Å². The van der Waals surface area contributed by atoms with Crippen LogP contribution in [-0.2, 0) is 19.6 Å². The summed E-state index contributed by atoms with van der Waals surface area (Å²) >= 11 is 0. The molecule has 0 radical (unpaired) electrons. The Balaban J connectivity index is 0.000000181. The summed E-state index contributed by atoms with van der Waals surface area (Å²) in [6, 6.07) is 0. The van der Waals surface area contributed by atoms with Gasteiger partial charge >= 0.3 is 0 Å². The van der Waals surface area contributed by atoms with E-state index in [0.29, 0.717) is 19.8 Å². The summed E-state index contributed by atoms with van der Waals surface area (Å²) in [7, 11) is -3.79. The highest BCUT2D eigenvalue weighted by Crippen LogP contribution is 2.13. The Morgan fingerprint density at radius 1 is 1.12 bits per heavy atom. The Morgan fingerprint density at radius 2 is 1.75 bits per heavy atom. The van der Waals surface area contributed by atoms with Crippen LogP contribution >= 0.6 is 0 Å². The van der Waals surface area contributed by atoms with Gasteiger partial charge in [-0.2, -0.15) is 8.42 Å². The summed E-state index contributed by atoms with van der Waals surface area (Å²) in [5.74, 6) is -0.164. The van der Waals surface area contributed by atoms with Gasteiger partial charge < -0.3 is 14.6 Å². The van der Waals surface area contributed by atoms with E-state index in [1.165, 1.54) is 0 Å². The molecular formula is C9H18O6S. The van der Waals surface area contributed by atoms with Crippen LogP contribution in [0, 0.1) is 5.92 Å². The third-order valence-electron chi connectivity index (χ3n) is 2.38. The SMILES string of the molecule is O=S(=O)(O)C[C@@H]1CCOC1.O[C@@H]1CCOC1. The minimum Gasteiger partial charge on any atom is -0.391 e. The average Bonchev–Trinajstić information content (AvgIpc) is 2.76. The molecule has 2 fully saturated rings. The van der Waals surface area contributed by atoms with E-state index in [-0.39, 0.29) is 17.8 Å². The summed E-state index contributed by atoms with van der Waals surface area (Å²) in [5, 5.41) is 8.60. The van der Waals surface area contributed by atoms with Crippen molar-refractivity contribution in [2.24, 2.45) is 5.92 Å². The topological polar surface area (TPSA) is 93.1 Å². The molecule has 0 spiro atoms. The van der Waals surface area contributed by atoms with Crippen molar-refractivity contribution in [2.75, 3.05) is 32.2 Å². The van der Waals surface area contributed by atoms with Crippen molar-refractivity contribution in [1.29, 1.82) is 0 Å². The molecule has 2 aliphatic rings. The van der Waals surface area contributed by atoms with E-state index in [0.717, 1.165) is 19.4 Å². The smallest absolute Gasteiger partial charge is 0.265 e. The first-order valence-electron chi connectivity index (χ1n) is 5.26. The summed E-state index contributed by atoms with van der Waals surface area (Å²) in [4.78, 5) is 0. The lowest BCUT2D eigenvalue weighted by molar-refractivity contribution is 0.127. The van der Waals surface area contributed by atoms with Gasteiger partial charge in [-0.15, -0.1) is 0 Å². The first-order valence-corrected chi connectivity index (χ1v) is 6.87. The normalized spacial score (nSPS) is 29.9. The van der Waals surface area contributed by atoms with Crippen LogP contribution in [0.1, 0.15) is 12.8 Å². The molecule has 2 aliphatic heterocycles. The summed E-state index contributed by atoms with van der Waals surface area (Å²) < 4.78 is 38.7. The predicted octanol–water partition coefficient (Wildman–Crippen LogP) is -0.322. The number of ether oxygens (including phenoxy) is 2. The van der Waals surface area contributed by atoms with Crippen LogP contribution in [0.5, 0.6) is 0 Å². The number of rotatable bonds is 2. The molecule has 2 heterocycles. The van der Waals surface area contributed by atoms with Crippen LogP contribution < -0.4 is 0 Å². The molecule has 2 saturated heterocycles. The quantitative estimate of drug-likeness (QED) is 0.656. The first-order chi connectivity index (χ1) is 7.47. The fraction of sp³-hybridized carbons (Fsp3) is 1.00. The standard InChI is InChI=1S/C5H10O4S.C4H8O2/c6-10(7,8)4-5-1-2-9-3-5;5-4-1-2-6-3-4/h5H,1-4H2,(H,6,7,8);4-5H,1-3H2/t5-;4-/m11/s1. The lowest BCUT2D eigenvalue weighted by atomic mass is 10.2. The molecule has 0 saturated carbocycles. The molecule has 0 bridgehead atoms. The van der Waals surface area contributed by atoms with E-state index in [4.69, 9.17) is 19.1 Å². The number of aliphatic hydroxyl groups is 1. The highest BCUT2D eigenvalue weighted by molar-refractivity contribution is 7.85. The minimum atomic E-state index is -3.79. The van der Waals surface area contributed by atoms with E-state index in [1.54, 1.807) is 0 Å². The monoisotopic (exact) mass is 254 g/mol. The highest BCUT2D eigenvalue weighted by Gasteiger charge is 2.21. The van der Waals surface area contributed by atoms with E-state index in [1.807, 2.05) is 0 Å². The Morgan fingerprint density at radius 3 is 2.06 bits per heavy atom. The number of hydrogen-bond donors (Lipinski definition) is 2. The minimum absolute atomic E-state index is 0.00463. The lowest BCUT2D eigenvalue weighted by Crippen LogP contribution is -2.14. The zero-order valence-corrected chi connectivity index (χ0v) is 9.86. The number of hydrogen-bond acceptors (Lipinski definition) is 5. The largest absolute Gasteiger partial charge is 0.391 e. The molecule has 0 aliphatic carbocycles. The molecule has 6 nitrogen and oxygen atoms in total. The molecule has 2 atom stereocenters. The summed E-state index contributed by atoms with van der Waals surface area (Å²) in [6.07, 6.45) is 1.38. The lowest BCUT2D eigenvalue weighted by Gasteiger charge is -2.01. The summed E-state index contributed by atoms with van der Waals surface area (Å²) in [5.41, 5.74) is 0. The van der Waals surface area contributed by atoms with E-state index in [2.05, 4.69) is 0 Å². The van der Waals surface area contributed by atoms with Gasteiger partial charge in [0.15, 0.2) is 0 Å². The molecule has 16 heavy (non-hydrogen) atoms. The van der Waals surface area contributed by atoms with Gasteiger partial charge in [-0.3, -0.25) is 4.55 Å². The van der Waals surface area contributed by atoms with Crippen molar-refractivity contribution in [3.05, 3.63) is 0 Å². The van der Waals surface area contributed by atoms with Crippen molar-refractivity contribution < 1.29 is 27.6 Å². The van der Waals surface area contributed by atoms with Crippen LogP contribution in [0.15, 0.2) is 0 Å². The van der Waals surface area contributed by atoms with E-state index >= 15 is 0 Å². The molecule has 0 unspecified atom stereocenters. The van der Waals surface area contributed by atoms with Gasteiger partial charge in [0.05, 0.1) is 25.1 Å². The Kier molecular flexibility index (Phi) is 5.63. The van der Waals surface area contributed by atoms with Gasteiger partial charge in [-0.1, -0.05) is 0 Å². The second-order valence-corrected chi connectivity index (χ2v) is 5.49. The second-order valence-electron chi connectivity index (χ2n) is 4.00. The third kappa shape index (κ3) is 6.39. The molecule has 96 valence electrons. The molecule has 7 heteroatoms. The third-order valence-corrected chi connectivity index (χ3v) is 3.27. The maximum Gasteiger partial charge on any atom is 0.265 e. The molecule has 0 aromatic heterocycles. The van der Waals surface area contributed by atoms with Crippen molar-refractivity contribution >= 4 is 10.1 Å². The molecule has 2 N–H and O–H groups in total. The van der Waals surface area contributed by atoms with Crippen molar-refractivity contribution in [3.63, 3.8) is 0 Å². The fourth-order valence-electron chi connectivity index (χ4n) is 1.53. The van der Waals surface area contributed by atoms with Crippen molar-refractivity contribution in [1.82, 2.24) is 0 Å². The van der Waals surface area contributed by atoms with Crippen LogP contribution in [0.2, 0.25) is 0 Å². The Bertz CT molecular complexity index is 276. The van der Waals surface area contributed by atoms with E-state index < -0.39 is 10.1 Å². The van der Waals surface area contributed by atoms with Gasteiger partial charge in [0.2, 0.25) is 0 Å². The second kappa shape index (κ2) is 6.51. The summed E-state index contributed by atoms with van der Waals surface area (Å²) in [6.45, 7) is 2.35. The van der Waals surface area contributed by atoms with Gasteiger partial charge in [-0.05, 0) is 12.8 Å². The molecule has 2 rings (SSSR count). The molecule has 0 aromatic carbocycles. The fourth-order valence-corrected chi connectivity index (χ4v) is 2.39. The van der Waals surface area contributed by atoms with Crippen molar-refractivity contribution in [2.45, 2.75) is 18.9 Å². The van der Waals surface area contributed by atoms with Crippen LogP contribution in [0.3, 0.4) is 0 Å². The van der Waals surface area contributed by atoms with Gasteiger partial charge in [0, 0.05) is 19.1 Å². The molecule has 0 aromatic rings. The van der Waals surface area contributed by atoms with Crippen LogP contribution in [-0.4, -0.2) is 56.4 Å². The maximum atomic E-state index is 10.3. The Labute approximate surface area is 95.3 Å². The average molecular weight is 254 g/mol. The van der Waals surface area contributed by atoms with Crippen LogP contribution in [0.25, 0.3) is 0 Å². The maximum absolute atomic E-state index is 10.3. The van der Waals surface area contributed by atoms with Gasteiger partial charge in [-0.25, -0.2) is 0 Å². The Hall–Kier alpha value is -0.210. The number of aliphatic hydroxyl groups excluding tert-OH is 1. The predicted molar refractivity (Wildman–Crippen MR) is 56.8 cm³/mol. The first kappa shape index (κ1) is 13.9. The van der Waals surface area contributed by atoms with Crippen LogP contribution in [0.4, 0.5) is 0 Å². The zero-order valence-electron chi connectivity index (χ0n) is 9.04. The molecule has 0 amide bonds.